The summed E-state index contributed by atoms with van der Waals surface area (Å²) in [5, 5.41) is 8.07. The second-order valence-corrected chi connectivity index (χ2v) is 13.2. The number of ether oxygens (including phenoxy) is 1. The standard InChI is InChI=1S/C38H45N9O6/c1-6-47(40-23-53-52-5)38(50)46-20-8-9-31(46)34-39-22-30(43-34)27-16-13-25(14-17-27)11-12-26-15-18-28-29(21-26)42-35(41-28)32-10-7-19-45(32)36(48)33(24(2)3)44-37(49)51-4/h13-18,21-24,31-33H,6-10,19-20H2,1-5H3,(H,39,43)(H,41,42)(H,44,49)/t31-,32-,33-/m0/s1. The Morgan fingerprint density at radius 1 is 1.00 bits per heavy atom. The summed E-state index contributed by atoms with van der Waals surface area (Å²) in [6.45, 7) is 7.21. The van der Waals surface area contributed by atoms with Crippen molar-refractivity contribution in [2.45, 2.75) is 64.6 Å². The van der Waals surface area contributed by atoms with Crippen LogP contribution in [0.2, 0.25) is 0 Å². The summed E-state index contributed by atoms with van der Waals surface area (Å²) >= 11 is 0. The Hall–Kier alpha value is -5.88. The van der Waals surface area contributed by atoms with E-state index < -0.39 is 12.1 Å². The van der Waals surface area contributed by atoms with Gasteiger partial charge < -0.3 is 34.7 Å². The maximum atomic E-state index is 13.5. The molecule has 4 amide bonds. The van der Waals surface area contributed by atoms with E-state index in [1.807, 2.05) is 63.2 Å². The summed E-state index contributed by atoms with van der Waals surface area (Å²) in [5.74, 6) is 7.69. The topological polar surface area (TPSA) is 170 Å². The van der Waals surface area contributed by atoms with Crippen LogP contribution in [0.3, 0.4) is 0 Å². The van der Waals surface area contributed by atoms with Gasteiger partial charge in [-0.15, -0.1) is 5.10 Å². The van der Waals surface area contributed by atoms with Crippen molar-refractivity contribution >= 4 is 35.5 Å². The number of aromatic nitrogens is 4. The molecule has 0 saturated carbocycles. The van der Waals surface area contributed by atoms with E-state index in [-0.39, 0.29) is 29.9 Å². The number of alkyl carbamates (subject to hydrolysis) is 1. The molecule has 0 aliphatic carbocycles. The molecule has 4 heterocycles. The number of hydrazone groups is 1. The summed E-state index contributed by atoms with van der Waals surface area (Å²) in [4.78, 5) is 67.8. The molecule has 15 nitrogen and oxygen atoms in total. The van der Waals surface area contributed by atoms with Crippen molar-refractivity contribution < 1.29 is 28.9 Å². The largest absolute Gasteiger partial charge is 0.453 e. The number of carbonyl (C=O) groups is 3. The average molecular weight is 724 g/mol. The number of hydrogen-bond acceptors (Lipinski definition) is 9. The second-order valence-electron chi connectivity index (χ2n) is 13.2. The summed E-state index contributed by atoms with van der Waals surface area (Å²) in [6, 6.07) is 12.4. The molecule has 0 unspecified atom stereocenters. The molecule has 2 aromatic heterocycles. The third-order valence-corrected chi connectivity index (χ3v) is 9.55. The van der Waals surface area contributed by atoms with E-state index >= 15 is 0 Å². The van der Waals surface area contributed by atoms with Crippen LogP contribution < -0.4 is 5.32 Å². The first kappa shape index (κ1) is 36.9. The molecule has 0 bridgehead atoms. The Bertz CT molecular complexity index is 2010. The van der Waals surface area contributed by atoms with Crippen molar-refractivity contribution in [1.82, 2.24) is 40.1 Å². The number of urea groups is 1. The third kappa shape index (κ3) is 8.28. The molecule has 3 N–H and O–H groups in total. The molecule has 6 rings (SSSR count). The van der Waals surface area contributed by atoms with Gasteiger partial charge in [-0.3, -0.25) is 4.79 Å². The van der Waals surface area contributed by atoms with Gasteiger partial charge in [-0.05, 0) is 74.4 Å². The number of imidazole rings is 2. The van der Waals surface area contributed by atoms with Gasteiger partial charge in [0, 0.05) is 30.8 Å². The fourth-order valence-electron chi connectivity index (χ4n) is 6.80. The Morgan fingerprint density at radius 2 is 1.70 bits per heavy atom. The van der Waals surface area contributed by atoms with Crippen molar-refractivity contribution in [3.63, 3.8) is 0 Å². The molecule has 2 aliphatic rings. The predicted octanol–water partition coefficient (Wildman–Crippen LogP) is 5.50. The number of nitrogens with zero attached hydrogens (tertiary/aromatic N) is 6. The minimum absolute atomic E-state index is 0.109. The lowest BCUT2D eigenvalue weighted by Crippen LogP contribution is -2.51. The van der Waals surface area contributed by atoms with Gasteiger partial charge in [0.1, 0.15) is 17.7 Å². The van der Waals surface area contributed by atoms with Crippen molar-refractivity contribution in [2.75, 3.05) is 33.9 Å². The van der Waals surface area contributed by atoms with Crippen molar-refractivity contribution in [3.8, 4) is 23.1 Å². The summed E-state index contributed by atoms with van der Waals surface area (Å²) in [6.07, 6.45) is 5.52. The second kappa shape index (κ2) is 16.6. The highest BCUT2D eigenvalue weighted by Gasteiger charge is 2.38. The molecule has 0 radical (unpaired) electrons. The van der Waals surface area contributed by atoms with Crippen molar-refractivity contribution in [1.29, 1.82) is 0 Å². The molecule has 15 heteroatoms. The number of aromatic amines is 2. The number of H-pyrrole nitrogens is 2. The lowest BCUT2D eigenvalue weighted by Gasteiger charge is -2.29. The van der Waals surface area contributed by atoms with Crippen LogP contribution in [0, 0.1) is 17.8 Å². The van der Waals surface area contributed by atoms with Crippen LogP contribution >= 0.6 is 0 Å². The smallest absolute Gasteiger partial charge is 0.407 e. The van der Waals surface area contributed by atoms with Gasteiger partial charge in [-0.2, -0.15) is 4.89 Å². The molecule has 278 valence electrons. The fraction of sp³-hybridized carbons (Fsp3) is 0.421. The highest BCUT2D eigenvalue weighted by Crippen LogP contribution is 2.34. The zero-order chi connectivity index (χ0) is 37.5. The number of methoxy groups -OCH3 is 1. The summed E-state index contributed by atoms with van der Waals surface area (Å²) in [5.41, 5.74) is 5.10. The van der Waals surface area contributed by atoms with Gasteiger partial charge in [0.2, 0.25) is 12.3 Å². The highest BCUT2D eigenvalue weighted by molar-refractivity contribution is 5.86. The van der Waals surface area contributed by atoms with Gasteiger partial charge in [-0.1, -0.05) is 37.8 Å². The zero-order valence-electron chi connectivity index (χ0n) is 30.6. The van der Waals surface area contributed by atoms with Crippen LogP contribution in [0.1, 0.15) is 81.3 Å². The van der Waals surface area contributed by atoms with Gasteiger partial charge in [0.15, 0.2) is 0 Å². The number of likely N-dealkylation sites (tertiary alicyclic amines) is 2. The number of rotatable bonds is 10. The number of benzene rings is 2. The van der Waals surface area contributed by atoms with Crippen LogP contribution in [-0.2, 0) is 19.3 Å². The van der Waals surface area contributed by atoms with Crippen molar-refractivity contribution in [3.05, 3.63) is 71.4 Å². The first-order valence-electron chi connectivity index (χ1n) is 17.8. The number of fused-ring (bicyclic) bond motifs is 1. The van der Waals surface area contributed by atoms with Crippen LogP contribution in [0.15, 0.2) is 53.8 Å². The number of amides is 4. The molecule has 4 aromatic rings. The molecular formula is C38H45N9O6. The molecule has 2 saturated heterocycles. The van der Waals surface area contributed by atoms with Gasteiger partial charge in [-0.25, -0.2) is 24.6 Å². The number of carbonyl (C=O) groups excluding carboxylic acids is 3. The van der Waals surface area contributed by atoms with E-state index in [0.717, 1.165) is 71.3 Å². The first-order chi connectivity index (χ1) is 25.7. The Kier molecular flexibility index (Phi) is 11.6. The minimum Gasteiger partial charge on any atom is -0.453 e. The third-order valence-electron chi connectivity index (χ3n) is 9.55. The first-order valence-corrected chi connectivity index (χ1v) is 17.8. The molecule has 3 atom stereocenters. The quantitative estimate of drug-likeness (QED) is 0.0634. The normalized spacial score (nSPS) is 17.6. The van der Waals surface area contributed by atoms with Crippen LogP contribution in [0.5, 0.6) is 0 Å². The zero-order valence-corrected chi connectivity index (χ0v) is 30.6. The lowest BCUT2D eigenvalue weighted by atomic mass is 10.0. The van der Waals surface area contributed by atoms with E-state index in [1.54, 1.807) is 16.0 Å². The Morgan fingerprint density at radius 3 is 2.40 bits per heavy atom. The lowest BCUT2D eigenvalue weighted by molar-refractivity contribution is -0.188. The fourth-order valence-corrected chi connectivity index (χ4v) is 6.80. The van der Waals surface area contributed by atoms with Gasteiger partial charge >= 0.3 is 12.1 Å². The van der Waals surface area contributed by atoms with E-state index in [9.17, 15) is 14.4 Å². The minimum atomic E-state index is -0.693. The van der Waals surface area contributed by atoms with Gasteiger partial charge in [0.05, 0.1) is 49.2 Å². The van der Waals surface area contributed by atoms with E-state index in [1.165, 1.54) is 19.2 Å². The van der Waals surface area contributed by atoms with Gasteiger partial charge in [0.25, 0.3) is 0 Å². The van der Waals surface area contributed by atoms with Crippen LogP contribution in [0.4, 0.5) is 9.59 Å². The van der Waals surface area contributed by atoms with E-state index in [2.05, 4.69) is 42.1 Å². The Balaban J connectivity index is 1.12. The van der Waals surface area contributed by atoms with Crippen LogP contribution in [-0.4, -0.2) is 99.1 Å². The molecule has 2 fully saturated rings. The molecule has 53 heavy (non-hydrogen) atoms. The Labute approximate surface area is 308 Å². The number of nitrogens with one attached hydrogen (secondary N) is 3. The molecular weight excluding hydrogens is 678 g/mol. The average Bonchev–Trinajstić information content (AvgIpc) is 4.00. The number of hydrogen-bond donors (Lipinski definition) is 3. The predicted molar refractivity (Wildman–Crippen MR) is 197 cm³/mol. The van der Waals surface area contributed by atoms with Crippen LogP contribution in [0.25, 0.3) is 22.3 Å². The maximum Gasteiger partial charge on any atom is 0.407 e. The van der Waals surface area contributed by atoms with E-state index in [4.69, 9.17) is 14.6 Å². The molecule has 2 aromatic carbocycles. The SMILES string of the molecule is CCN(N=COOC)C(=O)N1CCC[C@H]1c1ncc(-c2ccc(C#Cc3ccc4nc([C@@H]5CCCN5C(=O)[C@@H](NC(=O)OC)C(C)C)[nH]c4c3)cc2)[nH]1. The monoisotopic (exact) mass is 723 g/mol. The molecule has 2 aliphatic heterocycles. The highest BCUT2D eigenvalue weighted by atomic mass is 17.2. The summed E-state index contributed by atoms with van der Waals surface area (Å²) < 4.78 is 4.75. The molecule has 0 spiro atoms. The summed E-state index contributed by atoms with van der Waals surface area (Å²) in [7, 11) is 2.65. The maximum absolute atomic E-state index is 13.5. The van der Waals surface area contributed by atoms with Crippen molar-refractivity contribution in [2.24, 2.45) is 11.0 Å². The van der Waals surface area contributed by atoms with E-state index in [0.29, 0.717) is 25.5 Å².